The summed E-state index contributed by atoms with van der Waals surface area (Å²) in [4.78, 5) is 5.52. The molecule has 0 atom stereocenters. The van der Waals surface area contributed by atoms with E-state index in [2.05, 4.69) is 11.1 Å². The first-order valence-corrected chi connectivity index (χ1v) is 13.3. The zero-order valence-electron chi connectivity index (χ0n) is 19.1. The second-order valence-electron chi connectivity index (χ2n) is 7.71. The molecule has 0 saturated heterocycles. The van der Waals surface area contributed by atoms with Crippen LogP contribution in [0.3, 0.4) is 0 Å². The van der Waals surface area contributed by atoms with Crippen molar-refractivity contribution in [3.05, 3.63) is 106 Å². The van der Waals surface area contributed by atoms with Gasteiger partial charge in [0, 0.05) is 24.0 Å². The monoisotopic (exact) mass is 512 g/mol. The van der Waals surface area contributed by atoms with Crippen LogP contribution >= 0.6 is 11.3 Å². The first-order valence-electron chi connectivity index (χ1n) is 10.9. The van der Waals surface area contributed by atoms with Gasteiger partial charge in [-0.15, -0.1) is 11.3 Å². The second kappa shape index (κ2) is 11.4. The molecule has 0 radical (unpaired) electrons. The number of pyridine rings is 1. The minimum atomic E-state index is -3.93. The Bertz CT molecular complexity index is 1330. The van der Waals surface area contributed by atoms with Gasteiger partial charge in [-0.1, -0.05) is 18.2 Å². The number of thiophene rings is 1. The molecule has 6 nitrogen and oxygen atoms in total. The zero-order chi connectivity index (χ0) is 24.7. The molecule has 0 N–H and O–H groups in total. The lowest BCUT2D eigenvalue weighted by Gasteiger charge is -2.23. The highest BCUT2D eigenvalue weighted by atomic mass is 32.2. The summed E-state index contributed by atoms with van der Waals surface area (Å²) in [6.07, 6.45) is 2.40. The second-order valence-corrected chi connectivity index (χ2v) is 10.7. The van der Waals surface area contributed by atoms with Crippen LogP contribution in [0.15, 0.2) is 89.3 Å². The Balaban J connectivity index is 1.56. The molecule has 35 heavy (non-hydrogen) atoms. The Morgan fingerprint density at radius 3 is 2.49 bits per heavy atom. The molecule has 0 fully saturated rings. The number of halogens is 1. The standard InChI is InChI=1S/C26H25FN2O4S2/c1-32-26-17-20(7-12-25(26)33-15-13-23-6-4-16-34-23)18-29(19-22-5-2-3-14-28-22)35(30,31)24-10-8-21(27)9-11-24/h2-12,14,16-17H,13,15,18-19H2,1H3. The lowest BCUT2D eigenvalue weighted by molar-refractivity contribution is 0.298. The fourth-order valence-electron chi connectivity index (χ4n) is 3.50. The average Bonchev–Trinajstić information content (AvgIpc) is 3.39. The first kappa shape index (κ1) is 24.8. The van der Waals surface area contributed by atoms with Crippen LogP contribution in [0.2, 0.25) is 0 Å². The van der Waals surface area contributed by atoms with Crippen molar-refractivity contribution in [1.29, 1.82) is 0 Å². The lowest BCUT2D eigenvalue weighted by Crippen LogP contribution is -2.30. The normalized spacial score (nSPS) is 11.5. The minimum Gasteiger partial charge on any atom is -0.493 e. The maximum Gasteiger partial charge on any atom is 0.243 e. The van der Waals surface area contributed by atoms with Gasteiger partial charge in [-0.25, -0.2) is 12.8 Å². The van der Waals surface area contributed by atoms with Crippen LogP contribution in [0.1, 0.15) is 16.1 Å². The molecule has 0 amide bonds. The Morgan fingerprint density at radius 2 is 1.80 bits per heavy atom. The van der Waals surface area contributed by atoms with E-state index in [0.29, 0.717) is 29.4 Å². The Morgan fingerprint density at radius 1 is 0.971 bits per heavy atom. The smallest absolute Gasteiger partial charge is 0.243 e. The van der Waals surface area contributed by atoms with Gasteiger partial charge in [0.15, 0.2) is 11.5 Å². The van der Waals surface area contributed by atoms with Crippen molar-refractivity contribution in [3.8, 4) is 11.5 Å². The molecule has 4 rings (SSSR count). The highest BCUT2D eigenvalue weighted by Crippen LogP contribution is 2.30. The van der Waals surface area contributed by atoms with Crippen LogP contribution in [0.25, 0.3) is 0 Å². The number of hydrogen-bond acceptors (Lipinski definition) is 6. The van der Waals surface area contributed by atoms with Crippen molar-refractivity contribution >= 4 is 21.4 Å². The van der Waals surface area contributed by atoms with E-state index in [0.717, 1.165) is 18.6 Å². The largest absolute Gasteiger partial charge is 0.493 e. The molecule has 2 aromatic carbocycles. The third kappa shape index (κ3) is 6.45. The number of ether oxygens (including phenoxy) is 2. The van der Waals surface area contributed by atoms with E-state index in [1.54, 1.807) is 55.0 Å². The summed E-state index contributed by atoms with van der Waals surface area (Å²) in [5.41, 5.74) is 1.31. The van der Waals surface area contributed by atoms with Gasteiger partial charge in [0.1, 0.15) is 5.82 Å². The van der Waals surface area contributed by atoms with E-state index >= 15 is 0 Å². The van der Waals surface area contributed by atoms with E-state index < -0.39 is 15.8 Å². The van der Waals surface area contributed by atoms with E-state index in [4.69, 9.17) is 9.47 Å². The van der Waals surface area contributed by atoms with Crippen LogP contribution in [0, 0.1) is 5.82 Å². The molecule has 9 heteroatoms. The van der Waals surface area contributed by atoms with E-state index in [1.165, 1.54) is 21.3 Å². The van der Waals surface area contributed by atoms with Gasteiger partial charge in [-0.05, 0) is 65.5 Å². The predicted molar refractivity (Wildman–Crippen MR) is 134 cm³/mol. The van der Waals surface area contributed by atoms with Crippen molar-refractivity contribution in [1.82, 2.24) is 9.29 Å². The van der Waals surface area contributed by atoms with Crippen LogP contribution in [0.5, 0.6) is 11.5 Å². The van der Waals surface area contributed by atoms with Gasteiger partial charge in [0.05, 0.1) is 30.9 Å². The Hall–Kier alpha value is -3.27. The summed E-state index contributed by atoms with van der Waals surface area (Å²) in [5.74, 6) is 0.607. The van der Waals surface area contributed by atoms with Crippen molar-refractivity contribution in [3.63, 3.8) is 0 Å². The van der Waals surface area contributed by atoms with Gasteiger partial charge < -0.3 is 9.47 Å². The van der Waals surface area contributed by atoms with Crippen molar-refractivity contribution in [2.45, 2.75) is 24.4 Å². The van der Waals surface area contributed by atoms with Crippen LogP contribution in [0.4, 0.5) is 4.39 Å². The summed E-state index contributed by atoms with van der Waals surface area (Å²) in [6.45, 7) is 0.630. The molecule has 0 aliphatic carbocycles. The van der Waals surface area contributed by atoms with Crippen LogP contribution in [-0.4, -0.2) is 31.4 Å². The lowest BCUT2D eigenvalue weighted by atomic mass is 10.2. The van der Waals surface area contributed by atoms with Crippen molar-refractivity contribution in [2.75, 3.05) is 13.7 Å². The molecule has 0 spiro atoms. The van der Waals surface area contributed by atoms with Gasteiger partial charge in [-0.2, -0.15) is 4.31 Å². The molecule has 0 unspecified atom stereocenters. The third-order valence-corrected chi connectivity index (χ3v) is 8.03. The number of rotatable bonds is 11. The molecule has 0 bridgehead atoms. The highest BCUT2D eigenvalue weighted by Gasteiger charge is 2.26. The van der Waals surface area contributed by atoms with Gasteiger partial charge >= 0.3 is 0 Å². The van der Waals surface area contributed by atoms with Gasteiger partial charge in [0.25, 0.3) is 0 Å². The minimum absolute atomic E-state index is 0.00956. The quantitative estimate of drug-likeness (QED) is 0.273. The molecule has 0 saturated carbocycles. The topological polar surface area (TPSA) is 68.7 Å². The highest BCUT2D eigenvalue weighted by molar-refractivity contribution is 7.89. The summed E-state index contributed by atoms with van der Waals surface area (Å²) < 4.78 is 53.0. The molecule has 0 aliphatic heterocycles. The number of sulfonamides is 1. The molecule has 182 valence electrons. The van der Waals surface area contributed by atoms with Gasteiger partial charge in [-0.3, -0.25) is 4.98 Å². The summed E-state index contributed by atoms with van der Waals surface area (Å²) in [6, 6.07) is 19.6. The average molecular weight is 513 g/mol. The molecule has 2 aromatic heterocycles. The van der Waals surface area contributed by atoms with Crippen LogP contribution in [-0.2, 0) is 29.5 Å². The van der Waals surface area contributed by atoms with Crippen molar-refractivity contribution < 1.29 is 22.3 Å². The maximum atomic E-state index is 13.4. The number of aromatic nitrogens is 1. The number of methoxy groups -OCH3 is 1. The van der Waals surface area contributed by atoms with E-state index in [-0.39, 0.29) is 18.0 Å². The Labute approximate surface area is 208 Å². The fraction of sp³-hybridized carbons (Fsp3) is 0.192. The maximum absolute atomic E-state index is 13.4. The zero-order valence-corrected chi connectivity index (χ0v) is 20.8. The predicted octanol–water partition coefficient (Wildman–Crippen LogP) is 5.30. The first-order chi connectivity index (χ1) is 17.0. The summed E-state index contributed by atoms with van der Waals surface area (Å²) >= 11 is 1.68. The van der Waals surface area contributed by atoms with Crippen molar-refractivity contribution in [2.24, 2.45) is 0 Å². The molecular weight excluding hydrogens is 487 g/mol. The van der Waals surface area contributed by atoms with Crippen LogP contribution < -0.4 is 9.47 Å². The number of hydrogen-bond donors (Lipinski definition) is 0. The molecule has 4 aromatic rings. The van der Waals surface area contributed by atoms with E-state index in [9.17, 15) is 12.8 Å². The van der Waals surface area contributed by atoms with E-state index in [1.807, 2.05) is 17.5 Å². The summed E-state index contributed by atoms with van der Waals surface area (Å²) in [7, 11) is -2.38. The number of benzene rings is 2. The molecule has 2 heterocycles. The fourth-order valence-corrected chi connectivity index (χ4v) is 5.59. The third-order valence-electron chi connectivity index (χ3n) is 5.29. The Kier molecular flexibility index (Phi) is 8.12. The van der Waals surface area contributed by atoms with Gasteiger partial charge in [0.2, 0.25) is 10.0 Å². The SMILES string of the molecule is COc1cc(CN(Cc2ccccn2)S(=O)(=O)c2ccc(F)cc2)ccc1OCCc1cccs1. The number of nitrogens with zero attached hydrogens (tertiary/aromatic N) is 2. The summed E-state index contributed by atoms with van der Waals surface area (Å²) in [5, 5.41) is 2.03. The molecular formula is C26H25FN2O4S2. The molecule has 0 aliphatic rings.